The van der Waals surface area contributed by atoms with E-state index < -0.39 is 0 Å². The monoisotopic (exact) mass is 260 g/mol. The minimum Gasteiger partial charge on any atom is -0.0882 e. The van der Waals surface area contributed by atoms with Crippen molar-refractivity contribution in [1.82, 2.24) is 0 Å². The zero-order chi connectivity index (χ0) is 13.2. The van der Waals surface area contributed by atoms with Gasteiger partial charge < -0.3 is 0 Å². The van der Waals surface area contributed by atoms with Crippen LogP contribution in [0, 0.1) is 35.5 Å². The SMILES string of the molecule is CCCCC1C(C)CC2CCCC2C1C1CC=CC1. The third-order valence-electron chi connectivity index (χ3n) is 6.59. The molecule has 5 unspecified atom stereocenters. The molecule has 108 valence electrons. The van der Waals surface area contributed by atoms with Crippen molar-refractivity contribution in [1.29, 1.82) is 0 Å². The van der Waals surface area contributed by atoms with E-state index in [1.54, 1.807) is 19.3 Å². The fourth-order valence-electron chi connectivity index (χ4n) is 5.78. The fourth-order valence-corrected chi connectivity index (χ4v) is 5.78. The van der Waals surface area contributed by atoms with Gasteiger partial charge in [-0.25, -0.2) is 0 Å². The lowest BCUT2D eigenvalue weighted by Crippen LogP contribution is -2.40. The van der Waals surface area contributed by atoms with Crippen molar-refractivity contribution in [2.75, 3.05) is 0 Å². The van der Waals surface area contributed by atoms with Gasteiger partial charge in [0.1, 0.15) is 0 Å². The summed E-state index contributed by atoms with van der Waals surface area (Å²) in [5.41, 5.74) is 0. The van der Waals surface area contributed by atoms with Gasteiger partial charge in [-0.05, 0) is 67.6 Å². The highest BCUT2D eigenvalue weighted by molar-refractivity contribution is 5.03. The molecule has 0 N–H and O–H groups in total. The number of hydrogen-bond donors (Lipinski definition) is 0. The van der Waals surface area contributed by atoms with Gasteiger partial charge in [-0.1, -0.05) is 51.7 Å². The Balaban J connectivity index is 1.77. The van der Waals surface area contributed by atoms with E-state index in [-0.39, 0.29) is 0 Å². The third kappa shape index (κ3) is 2.65. The van der Waals surface area contributed by atoms with Gasteiger partial charge in [0.05, 0.1) is 0 Å². The lowest BCUT2D eigenvalue weighted by molar-refractivity contribution is 0.0177. The second-order valence-corrected chi connectivity index (χ2v) is 7.65. The number of rotatable bonds is 4. The molecule has 0 heteroatoms. The first-order valence-electron chi connectivity index (χ1n) is 8.96. The van der Waals surface area contributed by atoms with Crippen LogP contribution in [0.2, 0.25) is 0 Å². The van der Waals surface area contributed by atoms with Crippen LogP contribution in [0.25, 0.3) is 0 Å². The smallest absolute Gasteiger partial charge is 0.0311 e. The predicted molar refractivity (Wildman–Crippen MR) is 83.0 cm³/mol. The van der Waals surface area contributed by atoms with Crippen molar-refractivity contribution in [2.24, 2.45) is 35.5 Å². The maximum Gasteiger partial charge on any atom is -0.0311 e. The highest BCUT2D eigenvalue weighted by Gasteiger charge is 2.47. The molecule has 0 nitrogen and oxygen atoms in total. The molecule has 2 fully saturated rings. The van der Waals surface area contributed by atoms with Crippen LogP contribution in [-0.2, 0) is 0 Å². The van der Waals surface area contributed by atoms with Crippen LogP contribution >= 0.6 is 0 Å². The Morgan fingerprint density at radius 3 is 2.58 bits per heavy atom. The molecule has 2 saturated carbocycles. The number of fused-ring (bicyclic) bond motifs is 1. The second kappa shape index (κ2) is 6.02. The minimum absolute atomic E-state index is 0.997. The fraction of sp³-hybridized carbons (Fsp3) is 0.895. The summed E-state index contributed by atoms with van der Waals surface area (Å²) in [5.74, 6) is 6.31. The molecule has 0 saturated heterocycles. The Labute approximate surface area is 120 Å². The van der Waals surface area contributed by atoms with Gasteiger partial charge >= 0.3 is 0 Å². The maximum atomic E-state index is 2.57. The molecule has 0 spiro atoms. The Bertz CT molecular complexity index is 308. The van der Waals surface area contributed by atoms with E-state index in [0.717, 1.165) is 35.5 Å². The first-order chi connectivity index (χ1) is 9.31. The largest absolute Gasteiger partial charge is 0.0882 e. The van der Waals surface area contributed by atoms with Gasteiger partial charge in [0.25, 0.3) is 0 Å². The highest BCUT2D eigenvalue weighted by Crippen LogP contribution is 2.55. The Morgan fingerprint density at radius 2 is 1.84 bits per heavy atom. The highest BCUT2D eigenvalue weighted by atomic mass is 14.5. The summed E-state index contributed by atoms with van der Waals surface area (Å²) in [6.45, 7) is 4.93. The van der Waals surface area contributed by atoms with Gasteiger partial charge in [-0.3, -0.25) is 0 Å². The Morgan fingerprint density at radius 1 is 1.05 bits per heavy atom. The van der Waals surface area contributed by atoms with Gasteiger partial charge in [0.2, 0.25) is 0 Å². The summed E-state index contributed by atoms with van der Waals surface area (Å²) >= 11 is 0. The molecule has 3 rings (SSSR count). The average Bonchev–Trinajstić information content (AvgIpc) is 3.06. The van der Waals surface area contributed by atoms with Crippen molar-refractivity contribution >= 4 is 0 Å². The van der Waals surface area contributed by atoms with E-state index in [1.165, 1.54) is 38.5 Å². The van der Waals surface area contributed by atoms with Crippen LogP contribution < -0.4 is 0 Å². The van der Waals surface area contributed by atoms with Crippen LogP contribution in [0.1, 0.15) is 71.6 Å². The maximum absolute atomic E-state index is 2.57. The molecule has 0 heterocycles. The quantitative estimate of drug-likeness (QED) is 0.558. The lowest BCUT2D eigenvalue weighted by atomic mass is 9.58. The van der Waals surface area contributed by atoms with Crippen LogP contribution in [0.5, 0.6) is 0 Å². The molecule has 0 bridgehead atoms. The molecule has 3 aliphatic rings. The molecular formula is C19H32. The molecule has 5 atom stereocenters. The van der Waals surface area contributed by atoms with E-state index in [0.29, 0.717) is 0 Å². The molecule has 0 amide bonds. The topological polar surface area (TPSA) is 0 Å². The number of allylic oxidation sites excluding steroid dienone is 2. The molecule has 19 heavy (non-hydrogen) atoms. The van der Waals surface area contributed by atoms with E-state index in [2.05, 4.69) is 26.0 Å². The van der Waals surface area contributed by atoms with Crippen molar-refractivity contribution in [3.63, 3.8) is 0 Å². The van der Waals surface area contributed by atoms with Crippen LogP contribution in [-0.4, -0.2) is 0 Å². The lowest BCUT2D eigenvalue weighted by Gasteiger charge is -2.47. The van der Waals surface area contributed by atoms with E-state index in [1.807, 2.05) is 0 Å². The van der Waals surface area contributed by atoms with Crippen molar-refractivity contribution in [2.45, 2.75) is 71.6 Å². The van der Waals surface area contributed by atoms with Crippen LogP contribution in [0.4, 0.5) is 0 Å². The summed E-state index contributed by atoms with van der Waals surface area (Å²) in [6.07, 6.45) is 18.3. The average molecular weight is 260 g/mol. The minimum atomic E-state index is 0.997. The van der Waals surface area contributed by atoms with Crippen molar-refractivity contribution < 1.29 is 0 Å². The van der Waals surface area contributed by atoms with Crippen molar-refractivity contribution in [3.8, 4) is 0 Å². The molecule has 0 radical (unpaired) electrons. The summed E-state index contributed by atoms with van der Waals surface area (Å²) in [5, 5.41) is 0. The van der Waals surface area contributed by atoms with Gasteiger partial charge in [-0.15, -0.1) is 0 Å². The van der Waals surface area contributed by atoms with E-state index in [4.69, 9.17) is 0 Å². The molecule has 0 aromatic rings. The molecule has 0 aromatic carbocycles. The number of unbranched alkanes of at least 4 members (excludes halogenated alkanes) is 1. The Kier molecular flexibility index (Phi) is 4.34. The first kappa shape index (κ1) is 13.7. The van der Waals surface area contributed by atoms with E-state index in [9.17, 15) is 0 Å². The third-order valence-corrected chi connectivity index (χ3v) is 6.59. The van der Waals surface area contributed by atoms with E-state index >= 15 is 0 Å². The molecular weight excluding hydrogens is 228 g/mol. The first-order valence-corrected chi connectivity index (χ1v) is 8.96. The van der Waals surface area contributed by atoms with Crippen LogP contribution in [0.15, 0.2) is 12.2 Å². The standard InChI is InChI=1S/C19H32/c1-3-4-11-17-14(2)13-16-10-7-12-18(16)19(17)15-8-5-6-9-15/h5-6,14-19H,3-4,7-13H2,1-2H3. The van der Waals surface area contributed by atoms with Gasteiger partial charge in [0.15, 0.2) is 0 Å². The van der Waals surface area contributed by atoms with Gasteiger partial charge in [-0.2, -0.15) is 0 Å². The predicted octanol–water partition coefficient (Wildman–Crippen LogP) is 5.83. The number of hydrogen-bond acceptors (Lipinski definition) is 0. The van der Waals surface area contributed by atoms with Crippen LogP contribution in [0.3, 0.4) is 0 Å². The molecule has 0 aromatic heterocycles. The normalized spacial score (nSPS) is 42.7. The Hall–Kier alpha value is -0.260. The summed E-state index contributed by atoms with van der Waals surface area (Å²) < 4.78 is 0. The molecule has 3 aliphatic carbocycles. The summed E-state index contributed by atoms with van der Waals surface area (Å²) in [6, 6.07) is 0. The second-order valence-electron chi connectivity index (χ2n) is 7.65. The van der Waals surface area contributed by atoms with Crippen molar-refractivity contribution in [3.05, 3.63) is 12.2 Å². The zero-order valence-corrected chi connectivity index (χ0v) is 13.0. The van der Waals surface area contributed by atoms with Gasteiger partial charge in [0, 0.05) is 0 Å². The zero-order valence-electron chi connectivity index (χ0n) is 13.0. The molecule has 0 aliphatic heterocycles. The summed E-state index contributed by atoms with van der Waals surface area (Å²) in [7, 11) is 0. The summed E-state index contributed by atoms with van der Waals surface area (Å²) in [4.78, 5) is 0.